The number of nitrogens with zero attached hydrogens (tertiary/aromatic N) is 4. The number of hydrogen-bond donors (Lipinski definition) is 1. The minimum Gasteiger partial charge on any atom is -0.488 e. The third-order valence-corrected chi connectivity index (χ3v) is 5.03. The number of imidazole rings is 1. The predicted octanol–water partition coefficient (Wildman–Crippen LogP) is 3.38. The topological polar surface area (TPSA) is 103 Å². The quantitative estimate of drug-likeness (QED) is 0.584. The molecule has 0 amide bonds. The molecule has 5 rings (SSSR count). The fourth-order valence-corrected chi connectivity index (χ4v) is 3.85. The van der Waals surface area contributed by atoms with Crippen LogP contribution in [0.4, 0.5) is 0 Å². The van der Waals surface area contributed by atoms with Crippen molar-refractivity contribution in [1.29, 1.82) is 0 Å². The highest BCUT2D eigenvalue weighted by molar-refractivity contribution is 5.97. The first kappa shape index (κ1) is 16.5. The van der Waals surface area contributed by atoms with E-state index in [2.05, 4.69) is 15.1 Å². The van der Waals surface area contributed by atoms with Crippen LogP contribution in [0, 0.1) is 13.8 Å². The summed E-state index contributed by atoms with van der Waals surface area (Å²) in [6.45, 7) is 3.95. The summed E-state index contributed by atoms with van der Waals surface area (Å²) in [6, 6.07) is 8.82. The first-order valence-electron chi connectivity index (χ1n) is 8.81. The molecule has 0 fully saturated rings. The largest absolute Gasteiger partial charge is 0.488 e. The maximum Gasteiger partial charge on any atom is 0.372 e. The molecule has 4 heterocycles. The molecule has 8 nitrogen and oxygen atoms in total. The van der Waals surface area contributed by atoms with Gasteiger partial charge in [0.05, 0.1) is 22.5 Å². The lowest BCUT2D eigenvalue weighted by molar-refractivity contribution is 0.0674. The highest BCUT2D eigenvalue weighted by atomic mass is 16.5. The van der Waals surface area contributed by atoms with Gasteiger partial charge in [0, 0.05) is 11.8 Å². The molecule has 0 saturated carbocycles. The van der Waals surface area contributed by atoms with Crippen LogP contribution in [0.1, 0.15) is 33.8 Å². The van der Waals surface area contributed by atoms with Crippen molar-refractivity contribution in [3.8, 4) is 16.9 Å². The Balaban J connectivity index is 1.83. The fourth-order valence-electron chi connectivity index (χ4n) is 3.85. The SMILES string of the molecule is Cc1noc(C)c1-c1ccc2nc(C(=O)O)n3c2c1OC[C@@H]3c1ccccn1. The Morgan fingerprint density at radius 3 is 2.79 bits per heavy atom. The van der Waals surface area contributed by atoms with Gasteiger partial charge in [-0.05, 0) is 38.1 Å². The number of ether oxygens (including phenoxy) is 1. The number of pyridine rings is 1. The highest BCUT2D eigenvalue weighted by Crippen LogP contribution is 2.44. The zero-order valence-corrected chi connectivity index (χ0v) is 15.2. The lowest BCUT2D eigenvalue weighted by atomic mass is 10.0. The van der Waals surface area contributed by atoms with Crippen LogP contribution < -0.4 is 4.74 Å². The van der Waals surface area contributed by atoms with Crippen LogP contribution in [-0.2, 0) is 0 Å². The third kappa shape index (κ3) is 2.24. The molecule has 0 spiro atoms. The van der Waals surface area contributed by atoms with Crippen LogP contribution in [0.5, 0.6) is 5.75 Å². The number of carboxylic acids is 1. The lowest BCUT2D eigenvalue weighted by Crippen LogP contribution is -2.27. The third-order valence-electron chi connectivity index (χ3n) is 5.03. The molecule has 1 aliphatic heterocycles. The Hall–Kier alpha value is -3.68. The molecule has 1 aromatic carbocycles. The van der Waals surface area contributed by atoms with Crippen LogP contribution in [0.3, 0.4) is 0 Å². The van der Waals surface area contributed by atoms with Gasteiger partial charge in [0.25, 0.3) is 0 Å². The Labute approximate surface area is 159 Å². The van der Waals surface area contributed by atoms with Gasteiger partial charge < -0.3 is 18.9 Å². The molecule has 0 bridgehead atoms. The second kappa shape index (κ2) is 5.91. The zero-order valence-electron chi connectivity index (χ0n) is 15.2. The highest BCUT2D eigenvalue weighted by Gasteiger charge is 2.33. The molecule has 0 saturated heterocycles. The van der Waals surface area contributed by atoms with Crippen molar-refractivity contribution in [1.82, 2.24) is 19.7 Å². The van der Waals surface area contributed by atoms with E-state index in [1.54, 1.807) is 16.8 Å². The summed E-state index contributed by atoms with van der Waals surface area (Å²) in [7, 11) is 0. The number of carboxylic acid groups (broad SMARTS) is 1. The van der Waals surface area contributed by atoms with Crippen molar-refractivity contribution in [2.75, 3.05) is 6.61 Å². The maximum absolute atomic E-state index is 11.9. The Bertz CT molecular complexity index is 1210. The smallest absolute Gasteiger partial charge is 0.372 e. The summed E-state index contributed by atoms with van der Waals surface area (Å²) in [5.41, 5.74) is 4.31. The van der Waals surface area contributed by atoms with Crippen LogP contribution in [0.2, 0.25) is 0 Å². The maximum atomic E-state index is 11.9. The zero-order chi connectivity index (χ0) is 19.4. The number of hydrogen-bond acceptors (Lipinski definition) is 6. The molecule has 0 radical (unpaired) electrons. The second-order valence-corrected chi connectivity index (χ2v) is 6.70. The molecular formula is C20H16N4O4. The van der Waals surface area contributed by atoms with E-state index in [4.69, 9.17) is 9.26 Å². The van der Waals surface area contributed by atoms with E-state index in [9.17, 15) is 9.90 Å². The summed E-state index contributed by atoms with van der Waals surface area (Å²) in [4.78, 5) is 20.7. The summed E-state index contributed by atoms with van der Waals surface area (Å²) in [5.74, 6) is 0.127. The molecule has 3 aromatic heterocycles. The monoisotopic (exact) mass is 376 g/mol. The first-order chi connectivity index (χ1) is 13.6. The average Bonchev–Trinajstić information content (AvgIpc) is 3.25. The van der Waals surface area contributed by atoms with Gasteiger partial charge in [0.15, 0.2) is 5.75 Å². The van der Waals surface area contributed by atoms with Gasteiger partial charge in [0.1, 0.15) is 23.9 Å². The molecule has 1 atom stereocenters. The van der Waals surface area contributed by atoms with E-state index in [-0.39, 0.29) is 18.5 Å². The summed E-state index contributed by atoms with van der Waals surface area (Å²) in [5, 5.41) is 13.8. The van der Waals surface area contributed by atoms with Gasteiger partial charge in [-0.1, -0.05) is 11.2 Å². The van der Waals surface area contributed by atoms with E-state index in [1.165, 1.54) is 0 Å². The van der Waals surface area contributed by atoms with Crippen LogP contribution >= 0.6 is 0 Å². The van der Waals surface area contributed by atoms with Gasteiger partial charge in [-0.3, -0.25) is 4.98 Å². The molecule has 8 heteroatoms. The minimum absolute atomic E-state index is 0.0360. The number of benzene rings is 1. The average molecular weight is 376 g/mol. The number of rotatable bonds is 3. The Kier molecular flexibility index (Phi) is 3.48. The first-order valence-corrected chi connectivity index (χ1v) is 8.81. The number of aryl methyl sites for hydroxylation is 2. The molecule has 4 aromatic rings. The van der Waals surface area contributed by atoms with Crippen molar-refractivity contribution < 1.29 is 19.2 Å². The van der Waals surface area contributed by atoms with Crippen LogP contribution in [0.25, 0.3) is 22.2 Å². The van der Waals surface area contributed by atoms with Crippen molar-refractivity contribution in [3.05, 3.63) is 59.5 Å². The van der Waals surface area contributed by atoms with Crippen molar-refractivity contribution in [3.63, 3.8) is 0 Å². The molecule has 28 heavy (non-hydrogen) atoms. The van der Waals surface area contributed by atoms with E-state index in [1.807, 2.05) is 38.1 Å². The summed E-state index contributed by atoms with van der Waals surface area (Å²) >= 11 is 0. The number of aromatic nitrogens is 4. The van der Waals surface area contributed by atoms with E-state index < -0.39 is 5.97 Å². The Morgan fingerprint density at radius 1 is 1.25 bits per heavy atom. The van der Waals surface area contributed by atoms with Gasteiger partial charge in [-0.2, -0.15) is 0 Å². The molecule has 140 valence electrons. The molecule has 1 N–H and O–H groups in total. The van der Waals surface area contributed by atoms with Gasteiger partial charge in [0.2, 0.25) is 5.82 Å². The molecular weight excluding hydrogens is 360 g/mol. The van der Waals surface area contributed by atoms with Crippen molar-refractivity contribution in [2.45, 2.75) is 19.9 Å². The summed E-state index contributed by atoms with van der Waals surface area (Å²) in [6.07, 6.45) is 1.68. The van der Waals surface area contributed by atoms with E-state index in [0.29, 0.717) is 22.5 Å². The van der Waals surface area contributed by atoms with Crippen molar-refractivity contribution >= 4 is 17.0 Å². The Morgan fingerprint density at radius 2 is 2.11 bits per heavy atom. The standard InChI is InChI=1S/C20H16N4O4/c1-10-16(11(2)28-23-10)12-6-7-14-17-18(12)27-9-15(13-5-3-4-8-21-13)24(17)19(22-14)20(25)26/h3-8,15H,9H2,1-2H3,(H,25,26)/t15-/m1/s1. The second-order valence-electron chi connectivity index (χ2n) is 6.70. The lowest BCUT2D eigenvalue weighted by Gasteiger charge is -2.27. The molecule has 0 unspecified atom stereocenters. The fraction of sp³-hybridized carbons (Fsp3) is 0.200. The normalized spacial score (nSPS) is 15.6. The van der Waals surface area contributed by atoms with Gasteiger partial charge in [-0.25, -0.2) is 9.78 Å². The summed E-state index contributed by atoms with van der Waals surface area (Å²) < 4.78 is 13.2. The molecule has 1 aliphatic rings. The molecule has 0 aliphatic carbocycles. The van der Waals surface area contributed by atoms with Gasteiger partial charge >= 0.3 is 5.97 Å². The van der Waals surface area contributed by atoms with E-state index >= 15 is 0 Å². The van der Waals surface area contributed by atoms with Crippen LogP contribution in [-0.4, -0.2) is 37.4 Å². The minimum atomic E-state index is -1.09. The number of aromatic carboxylic acids is 1. The number of carbonyl (C=O) groups is 1. The van der Waals surface area contributed by atoms with Crippen molar-refractivity contribution in [2.24, 2.45) is 0 Å². The van der Waals surface area contributed by atoms with Gasteiger partial charge in [-0.15, -0.1) is 0 Å². The van der Waals surface area contributed by atoms with Crippen LogP contribution in [0.15, 0.2) is 41.1 Å². The van der Waals surface area contributed by atoms with E-state index in [0.717, 1.165) is 22.5 Å². The predicted molar refractivity (Wildman–Crippen MR) is 99.5 cm³/mol.